The zero-order valence-electron chi connectivity index (χ0n) is 13.5. The Bertz CT molecular complexity index is 837. The number of furan rings is 1. The van der Waals surface area contributed by atoms with Gasteiger partial charge in [0, 0.05) is 18.8 Å². The molecule has 0 aromatic carbocycles. The fraction of sp³-hybridized carbons (Fsp3) is 0.333. The van der Waals surface area contributed by atoms with Gasteiger partial charge in [-0.3, -0.25) is 14.1 Å². The van der Waals surface area contributed by atoms with E-state index in [0.717, 1.165) is 42.2 Å². The summed E-state index contributed by atoms with van der Waals surface area (Å²) in [7, 11) is 0. The first-order valence-electron chi connectivity index (χ1n) is 7.90. The van der Waals surface area contributed by atoms with Crippen molar-refractivity contribution in [2.75, 3.05) is 6.54 Å². The van der Waals surface area contributed by atoms with Gasteiger partial charge in [0.2, 0.25) is 0 Å². The monoisotopic (exact) mass is 311 g/mol. The van der Waals surface area contributed by atoms with E-state index in [4.69, 9.17) is 4.42 Å². The third-order valence-electron chi connectivity index (χ3n) is 3.82. The maximum Gasteiger partial charge on any atom is 0.258 e. The van der Waals surface area contributed by atoms with Crippen LogP contribution >= 0.6 is 0 Å². The van der Waals surface area contributed by atoms with Crippen LogP contribution in [0.15, 0.2) is 52.0 Å². The molecule has 0 fully saturated rings. The highest BCUT2D eigenvalue weighted by Gasteiger charge is 2.11. The summed E-state index contributed by atoms with van der Waals surface area (Å²) in [6, 6.07) is 9.32. The highest BCUT2D eigenvalue weighted by atomic mass is 16.3. The molecule has 3 aromatic heterocycles. The van der Waals surface area contributed by atoms with E-state index >= 15 is 0 Å². The molecule has 0 bridgehead atoms. The molecular weight excluding hydrogens is 290 g/mol. The first-order valence-corrected chi connectivity index (χ1v) is 7.90. The van der Waals surface area contributed by atoms with Gasteiger partial charge in [0.05, 0.1) is 18.5 Å². The molecule has 0 N–H and O–H groups in total. The number of aryl methyl sites for hydroxylation is 1. The number of hydrogen-bond donors (Lipinski definition) is 0. The van der Waals surface area contributed by atoms with Crippen LogP contribution in [0.2, 0.25) is 0 Å². The minimum absolute atomic E-state index is 0.0388. The van der Waals surface area contributed by atoms with Crippen molar-refractivity contribution in [2.24, 2.45) is 0 Å². The van der Waals surface area contributed by atoms with E-state index in [1.807, 2.05) is 31.2 Å². The van der Waals surface area contributed by atoms with Crippen LogP contribution in [0.1, 0.15) is 30.4 Å². The smallest absolute Gasteiger partial charge is 0.258 e. The summed E-state index contributed by atoms with van der Waals surface area (Å²) < 4.78 is 7.03. The molecule has 0 saturated heterocycles. The van der Waals surface area contributed by atoms with Crippen LogP contribution in [0.25, 0.3) is 5.65 Å². The van der Waals surface area contributed by atoms with Crippen molar-refractivity contribution in [2.45, 2.75) is 33.4 Å². The number of aromatic nitrogens is 2. The van der Waals surface area contributed by atoms with Crippen molar-refractivity contribution in [1.29, 1.82) is 0 Å². The van der Waals surface area contributed by atoms with Gasteiger partial charge in [0.15, 0.2) is 0 Å². The van der Waals surface area contributed by atoms with Gasteiger partial charge in [0.1, 0.15) is 11.4 Å². The average Bonchev–Trinajstić information content (AvgIpc) is 3.02. The first-order chi connectivity index (χ1) is 11.2. The molecule has 23 heavy (non-hydrogen) atoms. The molecule has 3 rings (SSSR count). The van der Waals surface area contributed by atoms with Gasteiger partial charge in [-0.25, -0.2) is 4.98 Å². The Hall–Kier alpha value is -2.40. The molecular formula is C18H21N3O2. The Morgan fingerprint density at radius 1 is 1.26 bits per heavy atom. The van der Waals surface area contributed by atoms with Crippen LogP contribution < -0.4 is 5.56 Å². The fourth-order valence-corrected chi connectivity index (χ4v) is 2.77. The lowest BCUT2D eigenvalue weighted by Crippen LogP contribution is -2.26. The van der Waals surface area contributed by atoms with Gasteiger partial charge >= 0.3 is 0 Å². The van der Waals surface area contributed by atoms with Crippen molar-refractivity contribution >= 4 is 5.65 Å². The average molecular weight is 311 g/mol. The zero-order valence-corrected chi connectivity index (χ0v) is 13.5. The van der Waals surface area contributed by atoms with E-state index in [9.17, 15) is 4.79 Å². The minimum Gasteiger partial charge on any atom is -0.468 e. The van der Waals surface area contributed by atoms with Crippen LogP contribution in [-0.2, 0) is 13.1 Å². The highest BCUT2D eigenvalue weighted by Crippen LogP contribution is 2.11. The fourth-order valence-electron chi connectivity index (χ4n) is 2.77. The van der Waals surface area contributed by atoms with E-state index in [-0.39, 0.29) is 5.56 Å². The lowest BCUT2D eigenvalue weighted by Gasteiger charge is -2.20. The Labute approximate surface area is 135 Å². The second-order valence-electron chi connectivity index (χ2n) is 5.76. The van der Waals surface area contributed by atoms with E-state index in [1.54, 1.807) is 22.9 Å². The molecule has 0 saturated carbocycles. The summed E-state index contributed by atoms with van der Waals surface area (Å²) in [4.78, 5) is 19.2. The Kier molecular flexibility index (Phi) is 4.57. The van der Waals surface area contributed by atoms with Crippen LogP contribution in [0, 0.1) is 6.92 Å². The normalized spacial score (nSPS) is 11.4. The van der Waals surface area contributed by atoms with E-state index < -0.39 is 0 Å². The Balaban J connectivity index is 1.89. The molecule has 3 aromatic rings. The van der Waals surface area contributed by atoms with Gasteiger partial charge in [-0.1, -0.05) is 13.0 Å². The molecule has 0 amide bonds. The highest BCUT2D eigenvalue weighted by molar-refractivity contribution is 5.46. The Morgan fingerprint density at radius 3 is 2.87 bits per heavy atom. The van der Waals surface area contributed by atoms with E-state index in [2.05, 4.69) is 16.8 Å². The third kappa shape index (κ3) is 3.51. The van der Waals surface area contributed by atoms with Gasteiger partial charge < -0.3 is 4.42 Å². The lowest BCUT2D eigenvalue weighted by atomic mass is 10.2. The first kappa shape index (κ1) is 15.5. The SMILES string of the molecule is CCCN(Cc1cc(=O)n2cccc(C)c2n1)Cc1ccco1. The molecule has 0 unspecified atom stereocenters. The molecule has 0 aliphatic heterocycles. The standard InChI is InChI=1S/C18H21N3O2/c1-3-8-20(13-16-7-5-10-23-16)12-15-11-17(22)21-9-4-6-14(2)18(21)19-15/h4-7,9-11H,3,8,12-13H2,1-2H3. The van der Waals surface area contributed by atoms with Crippen molar-refractivity contribution in [3.63, 3.8) is 0 Å². The lowest BCUT2D eigenvalue weighted by molar-refractivity contribution is 0.233. The molecule has 5 heteroatoms. The van der Waals surface area contributed by atoms with Crippen LogP contribution in [-0.4, -0.2) is 20.8 Å². The van der Waals surface area contributed by atoms with Crippen molar-refractivity contribution in [3.05, 3.63) is 70.2 Å². The van der Waals surface area contributed by atoms with Gasteiger partial charge in [-0.2, -0.15) is 0 Å². The second-order valence-corrected chi connectivity index (χ2v) is 5.76. The van der Waals surface area contributed by atoms with Crippen molar-refractivity contribution in [1.82, 2.24) is 14.3 Å². The largest absolute Gasteiger partial charge is 0.468 e. The summed E-state index contributed by atoms with van der Waals surface area (Å²) in [5.74, 6) is 0.923. The van der Waals surface area contributed by atoms with Gasteiger partial charge in [-0.15, -0.1) is 0 Å². The van der Waals surface area contributed by atoms with Gasteiger partial charge in [0.25, 0.3) is 5.56 Å². The Morgan fingerprint density at radius 2 is 2.13 bits per heavy atom. The van der Waals surface area contributed by atoms with E-state index in [0.29, 0.717) is 6.54 Å². The maximum absolute atomic E-state index is 12.3. The van der Waals surface area contributed by atoms with Crippen LogP contribution in [0.4, 0.5) is 0 Å². The summed E-state index contributed by atoms with van der Waals surface area (Å²) in [6.45, 7) is 6.39. The summed E-state index contributed by atoms with van der Waals surface area (Å²) in [5, 5.41) is 0. The molecule has 3 heterocycles. The molecule has 120 valence electrons. The third-order valence-corrected chi connectivity index (χ3v) is 3.82. The molecule has 0 aliphatic rings. The molecule has 0 spiro atoms. The molecule has 0 aliphatic carbocycles. The second kappa shape index (κ2) is 6.79. The number of hydrogen-bond acceptors (Lipinski definition) is 4. The molecule has 0 radical (unpaired) electrons. The van der Waals surface area contributed by atoms with Crippen molar-refractivity contribution < 1.29 is 4.42 Å². The zero-order chi connectivity index (χ0) is 16.2. The predicted octanol–water partition coefficient (Wildman–Crippen LogP) is 3.01. The van der Waals surface area contributed by atoms with Crippen molar-refractivity contribution in [3.8, 4) is 0 Å². The quantitative estimate of drug-likeness (QED) is 0.702. The van der Waals surface area contributed by atoms with Crippen LogP contribution in [0.5, 0.6) is 0 Å². The number of pyridine rings is 1. The van der Waals surface area contributed by atoms with Crippen LogP contribution in [0.3, 0.4) is 0 Å². The minimum atomic E-state index is -0.0388. The topological polar surface area (TPSA) is 50.8 Å². The predicted molar refractivity (Wildman–Crippen MR) is 89.3 cm³/mol. The number of fused-ring (bicyclic) bond motifs is 1. The van der Waals surface area contributed by atoms with E-state index in [1.165, 1.54) is 0 Å². The summed E-state index contributed by atoms with van der Waals surface area (Å²) in [6.07, 6.45) is 4.48. The summed E-state index contributed by atoms with van der Waals surface area (Å²) in [5.41, 5.74) is 2.48. The number of rotatable bonds is 6. The molecule has 5 nitrogen and oxygen atoms in total. The summed E-state index contributed by atoms with van der Waals surface area (Å²) >= 11 is 0. The number of nitrogens with zero attached hydrogens (tertiary/aromatic N) is 3. The van der Waals surface area contributed by atoms with Gasteiger partial charge in [-0.05, 0) is 43.7 Å². The molecule has 0 atom stereocenters. The maximum atomic E-state index is 12.3.